The molecule has 2 aromatic heterocycles. The highest BCUT2D eigenvalue weighted by Crippen LogP contribution is 2.25. The van der Waals surface area contributed by atoms with Gasteiger partial charge in [0, 0.05) is 32.1 Å². The molecule has 1 aromatic carbocycles. The molecule has 0 bridgehead atoms. The minimum Gasteiger partial charge on any atom is -0.497 e. The highest BCUT2D eigenvalue weighted by atomic mass is 35.5. The zero-order valence-corrected chi connectivity index (χ0v) is 18.7. The van der Waals surface area contributed by atoms with E-state index in [9.17, 15) is 9.59 Å². The van der Waals surface area contributed by atoms with Crippen LogP contribution >= 0.6 is 11.6 Å². The number of ether oxygens (including phenoxy) is 1. The zero-order valence-electron chi connectivity index (χ0n) is 18.0. The third-order valence-corrected chi connectivity index (χ3v) is 5.43. The van der Waals surface area contributed by atoms with E-state index in [1.54, 1.807) is 30.9 Å². The van der Waals surface area contributed by atoms with Crippen LogP contribution in [0.5, 0.6) is 5.75 Å². The van der Waals surface area contributed by atoms with Crippen LogP contribution in [0.15, 0.2) is 27.8 Å². The number of hydrogen-bond donors (Lipinski definition) is 2. The van der Waals surface area contributed by atoms with Crippen LogP contribution in [-0.4, -0.2) is 53.0 Å². The molecule has 0 aliphatic rings. The van der Waals surface area contributed by atoms with Gasteiger partial charge in [0.05, 0.1) is 34.3 Å². The minimum absolute atomic E-state index is 0.307. The Kier molecular flexibility index (Phi) is 6.52. The highest BCUT2D eigenvalue weighted by molar-refractivity contribution is 6.31. The number of halogens is 1. The lowest BCUT2D eigenvalue weighted by atomic mass is 10.2. The first kappa shape index (κ1) is 21.9. The van der Waals surface area contributed by atoms with Crippen LogP contribution in [0, 0.1) is 0 Å². The summed E-state index contributed by atoms with van der Waals surface area (Å²) in [5.41, 5.74) is 0.652. The zero-order chi connectivity index (χ0) is 22.0. The number of nitrogens with one attached hydrogen (secondary N) is 2. The van der Waals surface area contributed by atoms with Crippen molar-refractivity contribution in [3.63, 3.8) is 0 Å². The third kappa shape index (κ3) is 4.22. The van der Waals surface area contributed by atoms with Crippen LogP contribution in [0.4, 0.5) is 5.95 Å². The molecule has 0 atom stereocenters. The third-order valence-electron chi connectivity index (χ3n) is 5.07. The molecule has 2 heterocycles. The molecular weight excluding hydrogens is 408 g/mol. The summed E-state index contributed by atoms with van der Waals surface area (Å²) in [5.74, 6) is 1.19. The van der Waals surface area contributed by atoms with Gasteiger partial charge >= 0.3 is 5.69 Å². The number of rotatable bonds is 8. The summed E-state index contributed by atoms with van der Waals surface area (Å²) in [5, 5.41) is 3.88. The minimum atomic E-state index is -0.417. The fourth-order valence-corrected chi connectivity index (χ4v) is 3.52. The van der Waals surface area contributed by atoms with Gasteiger partial charge in [0.1, 0.15) is 5.75 Å². The summed E-state index contributed by atoms with van der Waals surface area (Å²) in [6.07, 6.45) is 0.933. The fraction of sp³-hybridized carbons (Fsp3) is 0.450. The first-order chi connectivity index (χ1) is 14.2. The second kappa shape index (κ2) is 8.93. The number of methoxy groups -OCH3 is 1. The average Bonchev–Trinajstić information content (AvgIpc) is 3.07. The van der Waals surface area contributed by atoms with Gasteiger partial charge in [0.2, 0.25) is 5.95 Å². The summed E-state index contributed by atoms with van der Waals surface area (Å²) < 4.78 is 9.57. The van der Waals surface area contributed by atoms with Crippen LogP contribution < -0.4 is 26.2 Å². The molecule has 0 fully saturated rings. The molecule has 0 amide bonds. The van der Waals surface area contributed by atoms with Gasteiger partial charge in [0.15, 0.2) is 11.2 Å². The molecule has 0 radical (unpaired) electrons. The molecule has 3 aromatic rings. The van der Waals surface area contributed by atoms with E-state index < -0.39 is 11.2 Å². The number of imidazole rings is 1. The summed E-state index contributed by atoms with van der Waals surface area (Å²) in [7, 11) is 8.86. The molecule has 0 aliphatic carbocycles. The largest absolute Gasteiger partial charge is 0.497 e. The Morgan fingerprint density at radius 2 is 1.93 bits per heavy atom. The smallest absolute Gasteiger partial charge is 0.332 e. The van der Waals surface area contributed by atoms with Crippen LogP contribution in [0.25, 0.3) is 11.2 Å². The number of aromatic nitrogens is 4. The predicted octanol–water partition coefficient (Wildman–Crippen LogP) is 0.0905. The Bertz CT molecular complexity index is 1180. The molecule has 0 saturated carbocycles. The second-order valence-electron chi connectivity index (χ2n) is 7.59. The van der Waals surface area contributed by atoms with Crippen LogP contribution in [0.2, 0.25) is 5.02 Å². The van der Waals surface area contributed by atoms with Crippen molar-refractivity contribution in [1.29, 1.82) is 0 Å². The van der Waals surface area contributed by atoms with Crippen molar-refractivity contribution in [2.24, 2.45) is 14.1 Å². The Balaban J connectivity index is 2.13. The molecular formula is C20H28ClN6O3+. The normalized spacial score (nSPS) is 11.4. The van der Waals surface area contributed by atoms with Crippen molar-refractivity contribution >= 4 is 28.7 Å². The average molecular weight is 436 g/mol. The lowest BCUT2D eigenvalue weighted by Gasteiger charge is -2.13. The number of fused-ring (bicyclic) bond motifs is 1. The fourth-order valence-electron chi connectivity index (χ4n) is 3.35. The van der Waals surface area contributed by atoms with Crippen molar-refractivity contribution in [3.8, 4) is 5.75 Å². The molecule has 0 spiro atoms. The second-order valence-corrected chi connectivity index (χ2v) is 8.00. The van der Waals surface area contributed by atoms with E-state index in [0.717, 1.165) is 23.1 Å². The molecule has 3 rings (SSSR count). The number of anilines is 1. The Hall–Kier alpha value is -2.78. The summed E-state index contributed by atoms with van der Waals surface area (Å²) in [6.45, 7) is 1.99. The topological polar surface area (TPSA) is 87.5 Å². The van der Waals surface area contributed by atoms with Crippen molar-refractivity contribution in [1.82, 2.24) is 18.7 Å². The summed E-state index contributed by atoms with van der Waals surface area (Å²) in [4.78, 5) is 31.3. The van der Waals surface area contributed by atoms with Crippen LogP contribution in [-0.2, 0) is 20.6 Å². The first-order valence-corrected chi connectivity index (χ1v) is 10.1. The highest BCUT2D eigenvalue weighted by Gasteiger charge is 2.20. The maximum atomic E-state index is 13.0. The quantitative estimate of drug-likeness (QED) is 0.490. The lowest BCUT2D eigenvalue weighted by molar-refractivity contribution is -0.858. The number of aryl methyl sites for hydroxylation is 1. The van der Waals surface area contributed by atoms with E-state index in [-0.39, 0.29) is 0 Å². The molecule has 0 unspecified atom stereocenters. The Morgan fingerprint density at radius 3 is 2.60 bits per heavy atom. The van der Waals surface area contributed by atoms with Gasteiger partial charge in [-0.25, -0.2) is 4.79 Å². The number of quaternary nitrogens is 1. The molecule has 10 heteroatoms. The van der Waals surface area contributed by atoms with Crippen LogP contribution in [0.3, 0.4) is 0 Å². The number of nitrogens with zero attached hydrogens (tertiary/aromatic N) is 4. The van der Waals surface area contributed by atoms with Crippen molar-refractivity contribution in [3.05, 3.63) is 49.6 Å². The molecule has 9 nitrogen and oxygen atoms in total. The van der Waals surface area contributed by atoms with E-state index in [2.05, 4.69) is 24.4 Å². The maximum Gasteiger partial charge on any atom is 0.332 e. The van der Waals surface area contributed by atoms with E-state index in [0.29, 0.717) is 41.0 Å². The Morgan fingerprint density at radius 1 is 1.20 bits per heavy atom. The number of hydrogen-bond acceptors (Lipinski definition) is 5. The predicted molar refractivity (Wildman–Crippen MR) is 118 cm³/mol. The van der Waals surface area contributed by atoms with E-state index in [1.165, 1.54) is 16.5 Å². The molecule has 0 aliphatic heterocycles. The number of benzene rings is 1. The van der Waals surface area contributed by atoms with E-state index in [4.69, 9.17) is 16.3 Å². The van der Waals surface area contributed by atoms with Gasteiger partial charge < -0.3 is 15.0 Å². The monoisotopic (exact) mass is 435 g/mol. The van der Waals surface area contributed by atoms with Gasteiger partial charge in [0.25, 0.3) is 5.56 Å². The lowest BCUT2D eigenvalue weighted by Crippen LogP contribution is -3.05. The van der Waals surface area contributed by atoms with Gasteiger partial charge in [-0.1, -0.05) is 11.6 Å². The maximum absolute atomic E-state index is 13.0. The van der Waals surface area contributed by atoms with Crippen molar-refractivity contribution in [2.75, 3.05) is 39.6 Å². The Labute approximate surface area is 179 Å². The molecule has 30 heavy (non-hydrogen) atoms. The van der Waals surface area contributed by atoms with Gasteiger partial charge in [-0.3, -0.25) is 18.5 Å². The molecule has 0 saturated heterocycles. The first-order valence-electron chi connectivity index (χ1n) is 9.76. The molecule has 2 N–H and O–H groups in total. The van der Waals surface area contributed by atoms with E-state index in [1.807, 2.05) is 6.07 Å². The van der Waals surface area contributed by atoms with Gasteiger partial charge in [-0.2, -0.15) is 4.98 Å². The SMILES string of the molecule is COc1ccc(Cl)c(Cn2c(NCCC[NH+](C)C)nc3c2c(=O)n(C)c(=O)n3C)c1. The standard InChI is InChI=1S/C20H27ClN6O3/c1-24(2)10-6-9-22-19-23-17-16(18(28)26(4)20(29)25(17)3)27(19)12-13-11-14(30-5)7-8-15(13)21/h7-8,11H,6,9-10,12H2,1-5H3,(H,22,23)/p+1. The van der Waals surface area contributed by atoms with Gasteiger partial charge in [-0.15, -0.1) is 0 Å². The summed E-state index contributed by atoms with van der Waals surface area (Å²) >= 11 is 6.41. The van der Waals surface area contributed by atoms with E-state index >= 15 is 0 Å². The van der Waals surface area contributed by atoms with Crippen molar-refractivity contribution in [2.45, 2.75) is 13.0 Å². The van der Waals surface area contributed by atoms with Gasteiger partial charge in [-0.05, 0) is 23.8 Å². The van der Waals surface area contributed by atoms with Crippen LogP contribution in [0.1, 0.15) is 12.0 Å². The van der Waals surface area contributed by atoms with Crippen molar-refractivity contribution < 1.29 is 9.64 Å². The summed E-state index contributed by atoms with van der Waals surface area (Å²) in [6, 6.07) is 5.37. The molecule has 162 valence electrons.